The van der Waals surface area contributed by atoms with Gasteiger partial charge >= 0.3 is 5.97 Å². The Hall–Kier alpha value is -1.88. The molecule has 5 nitrogen and oxygen atoms in total. The minimum absolute atomic E-state index is 0.0795. The first-order valence-corrected chi connectivity index (χ1v) is 7.10. The topological polar surface area (TPSA) is 61.8 Å². The van der Waals surface area contributed by atoms with Gasteiger partial charge in [0.15, 0.2) is 0 Å². The van der Waals surface area contributed by atoms with E-state index in [1.165, 1.54) is 7.11 Å². The summed E-state index contributed by atoms with van der Waals surface area (Å²) in [7, 11) is 1.36. The van der Waals surface area contributed by atoms with E-state index in [2.05, 4.69) is 0 Å². The van der Waals surface area contributed by atoms with Crippen LogP contribution in [-0.2, 0) is 20.7 Å². The lowest BCUT2D eigenvalue weighted by molar-refractivity contribution is -0.117. The number of aldehydes is 1. The Morgan fingerprint density at radius 3 is 2.95 bits per heavy atom. The Morgan fingerprint density at radius 2 is 2.24 bits per heavy atom. The molecule has 0 radical (unpaired) electrons. The van der Waals surface area contributed by atoms with E-state index in [4.69, 9.17) is 14.2 Å². The van der Waals surface area contributed by atoms with Crippen LogP contribution in [0.4, 0.5) is 0 Å². The van der Waals surface area contributed by atoms with Gasteiger partial charge in [0, 0.05) is 11.5 Å². The molecule has 1 aromatic carbocycles. The van der Waals surface area contributed by atoms with Gasteiger partial charge in [0.25, 0.3) is 0 Å². The summed E-state index contributed by atoms with van der Waals surface area (Å²) < 4.78 is 16.4. The fourth-order valence-electron chi connectivity index (χ4n) is 3.19. The third-order valence-electron chi connectivity index (χ3n) is 4.40. The van der Waals surface area contributed by atoms with Crippen molar-refractivity contribution in [2.75, 3.05) is 13.7 Å². The minimum Gasteiger partial charge on any atom is -0.487 e. The van der Waals surface area contributed by atoms with E-state index in [1.807, 2.05) is 13.0 Å². The van der Waals surface area contributed by atoms with Crippen LogP contribution in [0.3, 0.4) is 0 Å². The molecule has 3 rings (SSSR count). The van der Waals surface area contributed by atoms with Gasteiger partial charge in [-0.15, -0.1) is 0 Å². The molecule has 112 valence electrons. The molecule has 0 amide bonds. The highest BCUT2D eigenvalue weighted by molar-refractivity contribution is 5.92. The monoisotopic (exact) mass is 290 g/mol. The molecule has 0 saturated carbocycles. The fourth-order valence-corrected chi connectivity index (χ4v) is 3.19. The van der Waals surface area contributed by atoms with Crippen LogP contribution in [0.25, 0.3) is 0 Å². The van der Waals surface area contributed by atoms with Crippen LogP contribution in [0.15, 0.2) is 12.1 Å². The van der Waals surface area contributed by atoms with E-state index in [0.717, 1.165) is 36.0 Å². The second kappa shape index (κ2) is 5.48. The van der Waals surface area contributed by atoms with E-state index in [9.17, 15) is 9.59 Å². The highest BCUT2D eigenvalue weighted by Gasteiger charge is 2.40. The molecule has 1 fully saturated rings. The lowest BCUT2D eigenvalue weighted by Crippen LogP contribution is -2.28. The normalized spacial score (nSPS) is 27.0. The van der Waals surface area contributed by atoms with Crippen LogP contribution in [0.5, 0.6) is 5.75 Å². The molecular weight excluding hydrogens is 272 g/mol. The summed E-state index contributed by atoms with van der Waals surface area (Å²) in [6.45, 7) is 2.27. The number of benzene rings is 1. The van der Waals surface area contributed by atoms with Gasteiger partial charge in [-0.1, -0.05) is 6.07 Å². The molecule has 2 aliphatic rings. The van der Waals surface area contributed by atoms with Crippen LogP contribution < -0.4 is 4.74 Å². The summed E-state index contributed by atoms with van der Waals surface area (Å²) in [6.07, 6.45) is 2.00. The molecule has 0 unspecified atom stereocenters. The number of carbonyl (C=O) groups is 2. The third-order valence-corrected chi connectivity index (χ3v) is 4.40. The zero-order valence-electron chi connectivity index (χ0n) is 12.1. The summed E-state index contributed by atoms with van der Waals surface area (Å²) in [5.41, 5.74) is 2.37. The second-order valence-electron chi connectivity index (χ2n) is 5.51. The largest absolute Gasteiger partial charge is 0.487 e. The van der Waals surface area contributed by atoms with Gasteiger partial charge in [0.05, 0.1) is 19.3 Å². The van der Waals surface area contributed by atoms with Gasteiger partial charge in [-0.3, -0.25) is 0 Å². The van der Waals surface area contributed by atoms with Crippen LogP contribution in [-0.4, -0.2) is 38.2 Å². The molecule has 0 bridgehead atoms. The maximum absolute atomic E-state index is 11.8. The van der Waals surface area contributed by atoms with Crippen molar-refractivity contribution < 1.29 is 23.8 Å². The highest BCUT2D eigenvalue weighted by atomic mass is 16.6. The first-order valence-electron chi connectivity index (χ1n) is 7.10. The molecule has 1 aromatic rings. The van der Waals surface area contributed by atoms with Gasteiger partial charge in [0.2, 0.25) is 0 Å². The van der Waals surface area contributed by atoms with Crippen LogP contribution >= 0.6 is 0 Å². The first kappa shape index (κ1) is 14.1. The number of esters is 1. The fraction of sp³-hybridized carbons (Fsp3) is 0.500. The molecule has 2 aliphatic heterocycles. The maximum atomic E-state index is 11.8. The van der Waals surface area contributed by atoms with Gasteiger partial charge < -0.3 is 19.0 Å². The number of rotatable bonds is 2. The average Bonchev–Trinajstić information content (AvgIpc) is 2.79. The van der Waals surface area contributed by atoms with Gasteiger partial charge in [-0.05, 0) is 31.4 Å². The van der Waals surface area contributed by atoms with Crippen molar-refractivity contribution >= 4 is 12.3 Å². The van der Waals surface area contributed by atoms with Crippen LogP contribution in [0, 0.1) is 12.8 Å². The van der Waals surface area contributed by atoms with E-state index >= 15 is 0 Å². The summed E-state index contributed by atoms with van der Waals surface area (Å²) in [5.74, 6) is 0.449. The Balaban J connectivity index is 1.96. The van der Waals surface area contributed by atoms with Gasteiger partial charge in [-0.2, -0.15) is 0 Å². The van der Waals surface area contributed by atoms with E-state index < -0.39 is 0 Å². The minimum atomic E-state index is -0.385. The quantitative estimate of drug-likeness (QED) is 0.612. The molecule has 3 atom stereocenters. The Kier molecular flexibility index (Phi) is 3.68. The molecule has 0 N–H and O–H groups in total. The lowest BCUT2D eigenvalue weighted by Gasteiger charge is -2.19. The Labute approximate surface area is 123 Å². The number of hydrogen-bond acceptors (Lipinski definition) is 5. The first-order chi connectivity index (χ1) is 10.2. The highest BCUT2D eigenvalue weighted by Crippen LogP contribution is 2.38. The van der Waals surface area contributed by atoms with Crippen molar-refractivity contribution in [3.8, 4) is 5.75 Å². The molecule has 2 heterocycles. The standard InChI is InChI=1S/C16H18O5/c1-9-11(16(18)19-2)5-3-10-4-6-12-13(7-17)20-8-14(12)21-15(9)10/h3,5,7,12-14H,4,6,8H2,1-2H3/t12-,13-,14+/m1/s1. The molecule has 21 heavy (non-hydrogen) atoms. The summed E-state index contributed by atoms with van der Waals surface area (Å²) >= 11 is 0. The maximum Gasteiger partial charge on any atom is 0.338 e. The van der Waals surface area contributed by atoms with Gasteiger partial charge in [-0.25, -0.2) is 4.79 Å². The predicted molar refractivity (Wildman–Crippen MR) is 74.5 cm³/mol. The van der Waals surface area contributed by atoms with Crippen molar-refractivity contribution in [2.24, 2.45) is 5.92 Å². The average molecular weight is 290 g/mol. The number of ether oxygens (including phenoxy) is 3. The molecule has 0 spiro atoms. The predicted octanol–water partition coefficient (Wildman–Crippen LogP) is 1.69. The van der Waals surface area contributed by atoms with Crippen molar-refractivity contribution in [1.29, 1.82) is 0 Å². The van der Waals surface area contributed by atoms with Crippen molar-refractivity contribution in [3.05, 3.63) is 28.8 Å². The van der Waals surface area contributed by atoms with Crippen LogP contribution in [0.2, 0.25) is 0 Å². The Morgan fingerprint density at radius 1 is 1.43 bits per heavy atom. The number of aryl methyl sites for hydroxylation is 1. The zero-order chi connectivity index (χ0) is 15.0. The number of methoxy groups -OCH3 is 1. The molecule has 0 aliphatic carbocycles. The van der Waals surface area contributed by atoms with E-state index in [-0.39, 0.29) is 24.1 Å². The molecule has 1 saturated heterocycles. The van der Waals surface area contributed by atoms with Gasteiger partial charge in [0.1, 0.15) is 24.2 Å². The van der Waals surface area contributed by atoms with E-state index in [0.29, 0.717) is 12.2 Å². The van der Waals surface area contributed by atoms with Crippen molar-refractivity contribution in [2.45, 2.75) is 32.0 Å². The second-order valence-corrected chi connectivity index (χ2v) is 5.51. The van der Waals surface area contributed by atoms with E-state index in [1.54, 1.807) is 6.07 Å². The van der Waals surface area contributed by atoms with Crippen molar-refractivity contribution in [3.63, 3.8) is 0 Å². The lowest BCUT2D eigenvalue weighted by atomic mass is 9.93. The molecular formula is C16H18O5. The summed E-state index contributed by atoms with van der Waals surface area (Å²) in [5, 5.41) is 0. The zero-order valence-corrected chi connectivity index (χ0v) is 12.1. The number of fused-ring (bicyclic) bond motifs is 2. The SMILES string of the molecule is COC(=O)c1ccc2c(c1C)O[C@H]1CO[C@H](C=O)[C@H]1CC2. The summed E-state index contributed by atoms with van der Waals surface area (Å²) in [4.78, 5) is 22.8. The van der Waals surface area contributed by atoms with Crippen molar-refractivity contribution in [1.82, 2.24) is 0 Å². The van der Waals surface area contributed by atoms with Crippen LogP contribution in [0.1, 0.15) is 27.9 Å². The molecule has 5 heteroatoms. The number of carbonyl (C=O) groups excluding carboxylic acids is 2. The Bertz CT molecular complexity index is 580. The molecule has 0 aromatic heterocycles. The summed E-state index contributed by atoms with van der Waals surface area (Å²) in [6, 6.07) is 3.69. The third kappa shape index (κ3) is 2.31. The number of hydrogen-bond donors (Lipinski definition) is 0. The smallest absolute Gasteiger partial charge is 0.338 e.